The summed E-state index contributed by atoms with van der Waals surface area (Å²) in [5, 5.41) is 22.6. The van der Waals surface area contributed by atoms with Crippen LogP contribution in [0.2, 0.25) is 0 Å². The molecule has 0 aliphatic heterocycles. The van der Waals surface area contributed by atoms with Crippen LogP contribution in [0.4, 0.5) is 0 Å². The molecule has 22 heavy (non-hydrogen) atoms. The fraction of sp³-hybridized carbons (Fsp3) is 0.176. The van der Waals surface area contributed by atoms with Gasteiger partial charge in [-0.3, -0.25) is 4.79 Å². The second-order valence-corrected chi connectivity index (χ2v) is 5.14. The molecule has 2 aromatic rings. The van der Waals surface area contributed by atoms with Gasteiger partial charge in [0.1, 0.15) is 11.5 Å². The number of nitrogens with zero attached hydrogens (tertiary/aromatic N) is 1. The van der Waals surface area contributed by atoms with Crippen LogP contribution >= 0.6 is 0 Å². The third kappa shape index (κ3) is 4.09. The predicted molar refractivity (Wildman–Crippen MR) is 85.1 cm³/mol. The minimum absolute atomic E-state index is 0.0338. The van der Waals surface area contributed by atoms with Crippen molar-refractivity contribution < 1.29 is 15.0 Å². The van der Waals surface area contributed by atoms with Crippen LogP contribution in [-0.2, 0) is 11.2 Å². The van der Waals surface area contributed by atoms with Gasteiger partial charge in [-0.25, -0.2) is 5.43 Å². The van der Waals surface area contributed by atoms with Crippen LogP contribution in [0.15, 0.2) is 41.5 Å². The van der Waals surface area contributed by atoms with Gasteiger partial charge in [0.05, 0.1) is 12.6 Å². The molecule has 0 saturated heterocycles. The minimum Gasteiger partial charge on any atom is -0.508 e. The van der Waals surface area contributed by atoms with Crippen molar-refractivity contribution in [3.8, 4) is 11.5 Å². The Morgan fingerprint density at radius 2 is 1.95 bits per heavy atom. The summed E-state index contributed by atoms with van der Waals surface area (Å²) < 4.78 is 0. The molecule has 2 aromatic carbocycles. The summed E-state index contributed by atoms with van der Waals surface area (Å²) in [5.41, 5.74) is 6.00. The number of carbonyl (C=O) groups excluding carboxylic acids is 1. The first-order valence-electron chi connectivity index (χ1n) is 6.85. The number of nitrogens with one attached hydrogen (secondary N) is 1. The molecule has 0 atom stereocenters. The quantitative estimate of drug-likeness (QED) is 0.599. The molecule has 0 bridgehead atoms. The van der Waals surface area contributed by atoms with Gasteiger partial charge < -0.3 is 10.2 Å². The van der Waals surface area contributed by atoms with E-state index in [1.807, 2.05) is 32.0 Å². The van der Waals surface area contributed by atoms with Gasteiger partial charge in [-0.1, -0.05) is 23.8 Å². The molecule has 0 saturated carbocycles. The van der Waals surface area contributed by atoms with Crippen LogP contribution in [0.25, 0.3) is 0 Å². The molecule has 5 heteroatoms. The van der Waals surface area contributed by atoms with Crippen LogP contribution in [0.1, 0.15) is 22.3 Å². The smallest absolute Gasteiger partial charge is 0.244 e. The third-order valence-electron chi connectivity index (χ3n) is 3.26. The molecule has 0 aromatic heterocycles. The van der Waals surface area contributed by atoms with Crippen molar-refractivity contribution in [2.45, 2.75) is 20.3 Å². The summed E-state index contributed by atoms with van der Waals surface area (Å²) in [7, 11) is 0. The van der Waals surface area contributed by atoms with E-state index >= 15 is 0 Å². The highest BCUT2D eigenvalue weighted by molar-refractivity contribution is 5.85. The number of rotatable bonds is 4. The zero-order valence-electron chi connectivity index (χ0n) is 12.5. The average molecular weight is 298 g/mol. The van der Waals surface area contributed by atoms with Crippen molar-refractivity contribution in [1.29, 1.82) is 0 Å². The van der Waals surface area contributed by atoms with Gasteiger partial charge in [0.25, 0.3) is 0 Å². The summed E-state index contributed by atoms with van der Waals surface area (Å²) in [5.74, 6) is -0.373. The minimum atomic E-state index is -0.235. The van der Waals surface area contributed by atoms with Gasteiger partial charge in [0.15, 0.2) is 0 Å². The SMILES string of the molecule is Cc1ccc(CC(=O)N/N=C/c2ccc(O)cc2O)c(C)c1. The van der Waals surface area contributed by atoms with Gasteiger partial charge in [-0.2, -0.15) is 5.10 Å². The first-order chi connectivity index (χ1) is 10.5. The van der Waals surface area contributed by atoms with E-state index in [9.17, 15) is 15.0 Å². The van der Waals surface area contributed by atoms with E-state index in [2.05, 4.69) is 10.5 Å². The van der Waals surface area contributed by atoms with Gasteiger partial charge in [-0.15, -0.1) is 0 Å². The lowest BCUT2D eigenvalue weighted by molar-refractivity contribution is -0.120. The molecule has 0 spiro atoms. The van der Waals surface area contributed by atoms with Gasteiger partial charge in [-0.05, 0) is 37.1 Å². The molecule has 0 fully saturated rings. The Kier molecular flexibility index (Phi) is 4.78. The fourth-order valence-corrected chi connectivity index (χ4v) is 2.07. The number of phenolic OH excluding ortho intramolecular Hbond substituents is 2. The van der Waals surface area contributed by atoms with E-state index in [4.69, 9.17) is 0 Å². The molecular formula is C17H18N2O3. The van der Waals surface area contributed by atoms with Crippen LogP contribution < -0.4 is 5.43 Å². The number of hydrazone groups is 1. The first-order valence-corrected chi connectivity index (χ1v) is 6.85. The van der Waals surface area contributed by atoms with Crippen molar-refractivity contribution >= 4 is 12.1 Å². The van der Waals surface area contributed by atoms with E-state index in [1.54, 1.807) is 0 Å². The van der Waals surface area contributed by atoms with Crippen LogP contribution in [0.5, 0.6) is 11.5 Å². The number of aryl methyl sites for hydroxylation is 2. The zero-order valence-corrected chi connectivity index (χ0v) is 12.5. The van der Waals surface area contributed by atoms with Crippen molar-refractivity contribution in [3.05, 3.63) is 58.7 Å². The number of phenols is 2. The Morgan fingerprint density at radius 3 is 2.64 bits per heavy atom. The fourth-order valence-electron chi connectivity index (χ4n) is 2.07. The summed E-state index contributed by atoms with van der Waals surface area (Å²) in [4.78, 5) is 11.9. The third-order valence-corrected chi connectivity index (χ3v) is 3.26. The molecular weight excluding hydrogens is 280 g/mol. The maximum absolute atomic E-state index is 11.9. The molecule has 1 amide bonds. The summed E-state index contributed by atoms with van der Waals surface area (Å²) >= 11 is 0. The molecule has 0 aliphatic rings. The lowest BCUT2D eigenvalue weighted by Crippen LogP contribution is -2.20. The second kappa shape index (κ2) is 6.76. The van der Waals surface area contributed by atoms with E-state index in [0.29, 0.717) is 5.56 Å². The monoisotopic (exact) mass is 298 g/mol. The van der Waals surface area contributed by atoms with Gasteiger partial charge >= 0.3 is 0 Å². The van der Waals surface area contributed by atoms with Crippen LogP contribution in [0.3, 0.4) is 0 Å². The van der Waals surface area contributed by atoms with Crippen molar-refractivity contribution in [2.24, 2.45) is 5.10 Å². The number of carbonyl (C=O) groups is 1. The molecule has 0 aliphatic carbocycles. The van der Waals surface area contributed by atoms with Crippen LogP contribution in [-0.4, -0.2) is 22.3 Å². The zero-order chi connectivity index (χ0) is 16.1. The number of hydrogen-bond donors (Lipinski definition) is 3. The van der Waals surface area contributed by atoms with Gasteiger partial charge in [0, 0.05) is 11.6 Å². The Morgan fingerprint density at radius 1 is 1.18 bits per heavy atom. The number of hydrogen-bond acceptors (Lipinski definition) is 4. The maximum atomic E-state index is 11.9. The topological polar surface area (TPSA) is 81.9 Å². The summed E-state index contributed by atoms with van der Waals surface area (Å²) in [6.45, 7) is 3.97. The lowest BCUT2D eigenvalue weighted by atomic mass is 10.0. The maximum Gasteiger partial charge on any atom is 0.244 e. The Hall–Kier alpha value is -2.82. The molecule has 3 N–H and O–H groups in total. The predicted octanol–water partition coefficient (Wildman–Crippen LogP) is 2.41. The normalized spacial score (nSPS) is 10.8. The average Bonchev–Trinajstić information content (AvgIpc) is 2.44. The molecule has 2 rings (SSSR count). The summed E-state index contributed by atoms with van der Waals surface area (Å²) in [6, 6.07) is 10.1. The number of amides is 1. The van der Waals surface area contributed by atoms with Crippen LogP contribution in [0, 0.1) is 13.8 Å². The van der Waals surface area contributed by atoms with E-state index < -0.39 is 0 Å². The molecule has 0 radical (unpaired) electrons. The summed E-state index contributed by atoms with van der Waals surface area (Å²) in [6.07, 6.45) is 1.57. The Labute approximate surface area is 128 Å². The Bertz CT molecular complexity index is 724. The van der Waals surface area contributed by atoms with Crippen molar-refractivity contribution in [3.63, 3.8) is 0 Å². The molecule has 0 heterocycles. The van der Waals surface area contributed by atoms with Gasteiger partial charge in [0.2, 0.25) is 5.91 Å². The second-order valence-electron chi connectivity index (χ2n) is 5.14. The first kappa shape index (κ1) is 15.6. The molecule has 0 unspecified atom stereocenters. The highest BCUT2D eigenvalue weighted by atomic mass is 16.3. The lowest BCUT2D eigenvalue weighted by Gasteiger charge is -2.05. The Balaban J connectivity index is 1.96. The highest BCUT2D eigenvalue weighted by Gasteiger charge is 2.05. The molecule has 5 nitrogen and oxygen atoms in total. The highest BCUT2D eigenvalue weighted by Crippen LogP contribution is 2.20. The standard InChI is InChI=1S/C17H18N2O3/c1-11-3-4-13(12(2)7-11)8-17(22)19-18-10-14-5-6-15(20)9-16(14)21/h3-7,9-10,20-21H,8H2,1-2H3,(H,19,22)/b18-10+. The number of benzene rings is 2. The molecule has 114 valence electrons. The van der Waals surface area contributed by atoms with E-state index in [-0.39, 0.29) is 23.8 Å². The van der Waals surface area contributed by atoms with E-state index in [1.165, 1.54) is 24.4 Å². The number of aromatic hydroxyl groups is 2. The van der Waals surface area contributed by atoms with Crippen molar-refractivity contribution in [1.82, 2.24) is 5.43 Å². The largest absolute Gasteiger partial charge is 0.508 e. The van der Waals surface area contributed by atoms with E-state index in [0.717, 1.165) is 16.7 Å². The van der Waals surface area contributed by atoms with Crippen molar-refractivity contribution in [2.75, 3.05) is 0 Å².